The molecule has 0 atom stereocenters. The van der Waals surface area contributed by atoms with Gasteiger partial charge in [-0.15, -0.1) is 5.10 Å². The average Bonchev–Trinajstić information content (AvgIpc) is 3.11. The summed E-state index contributed by atoms with van der Waals surface area (Å²) in [5.41, 5.74) is 6.73. The summed E-state index contributed by atoms with van der Waals surface area (Å²) in [5, 5.41) is 8.19. The second-order valence-electron chi connectivity index (χ2n) is 8.42. The van der Waals surface area contributed by atoms with Crippen molar-refractivity contribution >= 4 is 28.4 Å². The fourth-order valence-electron chi connectivity index (χ4n) is 3.52. The van der Waals surface area contributed by atoms with Gasteiger partial charge in [-0.3, -0.25) is 19.1 Å². The molecule has 0 bridgehead atoms. The summed E-state index contributed by atoms with van der Waals surface area (Å²) in [5.74, 6) is -0.238. The van der Waals surface area contributed by atoms with Crippen molar-refractivity contribution in [2.75, 3.05) is 17.2 Å². The molecule has 0 saturated heterocycles. The van der Waals surface area contributed by atoms with Crippen LogP contribution in [0.3, 0.4) is 0 Å². The van der Waals surface area contributed by atoms with E-state index in [1.54, 1.807) is 22.9 Å². The maximum Gasteiger partial charge on any atom is 0.330 e. The third-order valence-electron chi connectivity index (χ3n) is 4.89. The number of carbonyl (C=O) groups is 1. The smallest absolute Gasteiger partial charge is 0.330 e. The maximum atomic E-state index is 13.5. The number of nitrogens with two attached hydrogens (primary N) is 1. The highest BCUT2D eigenvalue weighted by Crippen LogP contribution is 2.23. The lowest BCUT2D eigenvalue weighted by Crippen LogP contribution is -2.43. The molecule has 1 aromatic carbocycles. The average molecular weight is 428 g/mol. The number of aromatic nitrogens is 5. The minimum absolute atomic E-state index is 0.0174. The molecular weight excluding hydrogens is 398 g/mol. The van der Waals surface area contributed by atoms with Gasteiger partial charge in [-0.1, -0.05) is 32.9 Å². The third kappa shape index (κ3) is 4.37. The normalized spacial score (nSPS) is 11.6. The zero-order chi connectivity index (χ0) is 22.9. The van der Waals surface area contributed by atoms with Crippen molar-refractivity contribution in [3.05, 3.63) is 44.6 Å². The molecule has 0 fully saturated rings. The van der Waals surface area contributed by atoms with Gasteiger partial charge in [-0.25, -0.2) is 9.48 Å². The van der Waals surface area contributed by atoms with Gasteiger partial charge in [0.1, 0.15) is 11.3 Å². The molecular formula is C21H29N7O3. The predicted octanol–water partition coefficient (Wildman–Crippen LogP) is 1.84. The summed E-state index contributed by atoms with van der Waals surface area (Å²) in [6, 6.07) is 5.12. The predicted molar refractivity (Wildman–Crippen MR) is 120 cm³/mol. The summed E-state index contributed by atoms with van der Waals surface area (Å²) >= 11 is 0. The van der Waals surface area contributed by atoms with Crippen LogP contribution in [0.25, 0.3) is 11.0 Å². The molecule has 0 saturated carbocycles. The number of amides is 1. The van der Waals surface area contributed by atoms with Crippen LogP contribution in [-0.2, 0) is 13.1 Å². The van der Waals surface area contributed by atoms with E-state index in [2.05, 4.69) is 15.3 Å². The van der Waals surface area contributed by atoms with Crippen molar-refractivity contribution in [3.8, 4) is 0 Å². The lowest BCUT2D eigenvalue weighted by Gasteiger charge is -2.26. The summed E-state index contributed by atoms with van der Waals surface area (Å²) in [6.45, 7) is 10.9. The fraction of sp³-hybridized carbons (Fsp3) is 0.476. The molecule has 1 amide bonds. The Morgan fingerprint density at radius 3 is 2.52 bits per heavy atom. The quantitative estimate of drug-likeness (QED) is 0.591. The highest BCUT2D eigenvalue weighted by Gasteiger charge is 2.26. The van der Waals surface area contributed by atoms with Crippen molar-refractivity contribution in [1.29, 1.82) is 0 Å². The maximum absolute atomic E-state index is 13.5. The number of H-pyrrole nitrogens is 1. The van der Waals surface area contributed by atoms with E-state index < -0.39 is 17.2 Å². The van der Waals surface area contributed by atoms with Crippen molar-refractivity contribution in [1.82, 2.24) is 24.5 Å². The number of rotatable bonds is 7. The van der Waals surface area contributed by atoms with Crippen molar-refractivity contribution in [2.45, 2.75) is 47.7 Å². The third-order valence-corrected chi connectivity index (χ3v) is 4.89. The van der Waals surface area contributed by atoms with Gasteiger partial charge in [0, 0.05) is 25.2 Å². The molecule has 166 valence electrons. The number of nitrogens with zero attached hydrogens (tertiary/aromatic N) is 5. The van der Waals surface area contributed by atoms with E-state index >= 15 is 0 Å². The molecule has 10 nitrogen and oxygen atoms in total. The topological polar surface area (TPSA) is 132 Å². The minimum atomic E-state index is -0.686. The molecule has 2 aromatic heterocycles. The van der Waals surface area contributed by atoms with Gasteiger partial charge in [0.25, 0.3) is 11.5 Å². The van der Waals surface area contributed by atoms with Gasteiger partial charge in [0.05, 0.1) is 5.52 Å². The van der Waals surface area contributed by atoms with Gasteiger partial charge in [-0.05, 0) is 37.0 Å². The van der Waals surface area contributed by atoms with Gasteiger partial charge >= 0.3 is 5.69 Å². The van der Waals surface area contributed by atoms with Gasteiger partial charge in [-0.2, -0.15) is 0 Å². The second-order valence-corrected chi connectivity index (χ2v) is 8.42. The number of fused-ring (bicyclic) bond motifs is 1. The van der Waals surface area contributed by atoms with E-state index in [1.165, 1.54) is 9.47 Å². The molecule has 0 aliphatic carbocycles. The number of hydrogen-bond acceptors (Lipinski definition) is 6. The van der Waals surface area contributed by atoms with Crippen molar-refractivity contribution in [3.63, 3.8) is 0 Å². The zero-order valence-corrected chi connectivity index (χ0v) is 18.5. The number of benzene rings is 1. The Labute approximate surface area is 179 Å². The molecule has 10 heteroatoms. The fourth-order valence-corrected chi connectivity index (χ4v) is 3.52. The molecule has 0 radical (unpaired) electrons. The molecule has 3 rings (SSSR count). The number of anilines is 2. The molecule has 0 aliphatic heterocycles. The number of aromatic amines is 1. The van der Waals surface area contributed by atoms with Crippen LogP contribution in [0, 0.1) is 11.8 Å². The van der Waals surface area contributed by atoms with Crippen LogP contribution in [0.1, 0.15) is 45.0 Å². The van der Waals surface area contributed by atoms with E-state index in [4.69, 9.17) is 5.73 Å². The summed E-state index contributed by atoms with van der Waals surface area (Å²) < 4.78 is 3.04. The Bertz CT molecular complexity index is 1220. The number of nitrogen functional groups attached to an aromatic ring is 1. The Morgan fingerprint density at radius 2 is 1.90 bits per heavy atom. The molecule has 0 spiro atoms. The summed E-state index contributed by atoms with van der Waals surface area (Å²) in [6.07, 6.45) is 0. The standard InChI is InChI=1S/C21H29N7O3/c1-6-28-16-8-7-14(9-15(16)24-25-28)20(30)26(10-12(2)3)17-18(22)27(11-13(4)5)21(31)23-19(17)29/h7-9,12-13H,6,10-11,22H2,1-5H3,(H,23,29,31). The second kappa shape index (κ2) is 8.75. The van der Waals surface area contributed by atoms with Crippen LogP contribution in [0.5, 0.6) is 0 Å². The number of aryl methyl sites for hydroxylation is 1. The monoisotopic (exact) mass is 427 g/mol. The Kier molecular flexibility index (Phi) is 6.28. The number of carbonyl (C=O) groups excluding carboxylic acids is 1. The largest absolute Gasteiger partial charge is 0.383 e. The number of hydrogen-bond donors (Lipinski definition) is 2. The van der Waals surface area contributed by atoms with Crippen LogP contribution < -0.4 is 21.9 Å². The number of nitrogens with one attached hydrogen (secondary N) is 1. The molecule has 0 unspecified atom stereocenters. The van der Waals surface area contributed by atoms with Crippen molar-refractivity contribution in [2.24, 2.45) is 11.8 Å². The van der Waals surface area contributed by atoms with Crippen molar-refractivity contribution < 1.29 is 4.79 Å². The first-order valence-corrected chi connectivity index (χ1v) is 10.4. The Hall–Kier alpha value is -3.43. The minimum Gasteiger partial charge on any atom is -0.383 e. The lowest BCUT2D eigenvalue weighted by atomic mass is 10.1. The van der Waals surface area contributed by atoms with Gasteiger partial charge in [0.2, 0.25) is 0 Å². The van der Waals surface area contributed by atoms with E-state index in [0.717, 1.165) is 5.52 Å². The summed E-state index contributed by atoms with van der Waals surface area (Å²) in [4.78, 5) is 42.2. The van der Waals surface area contributed by atoms with E-state index in [0.29, 0.717) is 24.2 Å². The molecule has 3 N–H and O–H groups in total. The highest BCUT2D eigenvalue weighted by atomic mass is 16.2. The van der Waals surface area contributed by atoms with Crippen LogP contribution in [0.4, 0.5) is 11.5 Å². The van der Waals surface area contributed by atoms with Gasteiger partial charge < -0.3 is 10.6 Å². The van der Waals surface area contributed by atoms with Crippen LogP contribution in [-0.4, -0.2) is 37.0 Å². The lowest BCUT2D eigenvalue weighted by molar-refractivity contribution is 0.0983. The molecule has 0 aliphatic rings. The van der Waals surface area contributed by atoms with Crippen LogP contribution >= 0.6 is 0 Å². The SMILES string of the molecule is CCn1nnc2cc(C(=O)N(CC(C)C)c3c(N)n(CC(C)C)c(=O)[nH]c3=O)ccc21. The van der Waals surface area contributed by atoms with E-state index in [9.17, 15) is 14.4 Å². The summed E-state index contributed by atoms with van der Waals surface area (Å²) in [7, 11) is 0. The zero-order valence-electron chi connectivity index (χ0n) is 18.5. The first-order chi connectivity index (χ1) is 14.6. The molecule has 3 aromatic rings. The van der Waals surface area contributed by atoms with E-state index in [-0.39, 0.29) is 29.9 Å². The van der Waals surface area contributed by atoms with Crippen LogP contribution in [0.2, 0.25) is 0 Å². The van der Waals surface area contributed by atoms with Gasteiger partial charge in [0.15, 0.2) is 5.69 Å². The first-order valence-electron chi connectivity index (χ1n) is 10.4. The highest BCUT2D eigenvalue weighted by molar-refractivity contribution is 6.08. The molecule has 31 heavy (non-hydrogen) atoms. The molecule has 2 heterocycles. The first kappa shape index (κ1) is 22.3. The van der Waals surface area contributed by atoms with Crippen LogP contribution in [0.15, 0.2) is 27.8 Å². The Balaban J connectivity index is 2.14. The van der Waals surface area contributed by atoms with E-state index in [1.807, 2.05) is 34.6 Å². The Morgan fingerprint density at radius 1 is 1.19 bits per heavy atom.